The van der Waals surface area contributed by atoms with E-state index in [1.807, 2.05) is 0 Å². The van der Waals surface area contributed by atoms with E-state index in [9.17, 15) is 9.59 Å². The van der Waals surface area contributed by atoms with Gasteiger partial charge < -0.3 is 19.7 Å². The molecule has 0 saturated carbocycles. The Labute approximate surface area is 164 Å². The summed E-state index contributed by atoms with van der Waals surface area (Å²) in [5, 5.41) is 16.7. The highest BCUT2D eigenvalue weighted by Gasteiger charge is 1.98. The van der Waals surface area contributed by atoms with E-state index in [-0.39, 0.29) is 0 Å². The predicted octanol–water partition coefficient (Wildman–Crippen LogP) is 7.01. The Bertz CT molecular complexity index is 314. The van der Waals surface area contributed by atoms with Gasteiger partial charge in [-0.25, -0.2) is 9.59 Å². The van der Waals surface area contributed by atoms with Crippen LogP contribution in [0.5, 0.6) is 0 Å². The van der Waals surface area contributed by atoms with Crippen LogP contribution in [-0.4, -0.2) is 35.7 Å². The summed E-state index contributed by atoms with van der Waals surface area (Å²) in [4.78, 5) is 20.3. The second-order valence-corrected chi connectivity index (χ2v) is 7.24. The highest BCUT2D eigenvalue weighted by molar-refractivity contribution is 5.56. The number of ether oxygens (including phenoxy) is 2. The lowest BCUT2D eigenvalue weighted by molar-refractivity contribution is 0.0887. The summed E-state index contributed by atoms with van der Waals surface area (Å²) >= 11 is 0. The van der Waals surface area contributed by atoms with Gasteiger partial charge in [0.15, 0.2) is 0 Å². The molecular weight excluding hydrogens is 348 g/mol. The van der Waals surface area contributed by atoms with Crippen LogP contribution in [0.3, 0.4) is 0 Å². The van der Waals surface area contributed by atoms with Crippen molar-refractivity contribution in [2.45, 2.75) is 109 Å². The molecule has 0 radical (unpaired) electrons. The van der Waals surface area contributed by atoms with Crippen LogP contribution in [0.2, 0.25) is 0 Å². The molecule has 160 valence electrons. The van der Waals surface area contributed by atoms with Crippen LogP contribution in [0.25, 0.3) is 0 Å². The van der Waals surface area contributed by atoms with Crippen molar-refractivity contribution in [3.05, 3.63) is 0 Å². The molecule has 0 heterocycles. The molecule has 0 aromatic carbocycles. The minimum atomic E-state index is -1.17. The van der Waals surface area contributed by atoms with E-state index < -0.39 is 12.3 Å². The maximum Gasteiger partial charge on any atom is 0.505 e. The van der Waals surface area contributed by atoms with E-state index in [2.05, 4.69) is 9.47 Å². The topological polar surface area (TPSA) is 93.1 Å². The highest BCUT2D eigenvalue weighted by Crippen LogP contribution is 2.14. The number of carboxylic acid groups (broad SMARTS) is 2. The van der Waals surface area contributed by atoms with E-state index >= 15 is 0 Å². The molecule has 0 unspecified atom stereocenters. The number of hydrogen-bond acceptors (Lipinski definition) is 4. The van der Waals surface area contributed by atoms with Crippen LogP contribution in [0.1, 0.15) is 109 Å². The average Bonchev–Trinajstić information content (AvgIpc) is 2.62. The lowest BCUT2D eigenvalue weighted by Crippen LogP contribution is -2.01. The predicted molar refractivity (Wildman–Crippen MR) is 106 cm³/mol. The van der Waals surface area contributed by atoms with Crippen LogP contribution in [0, 0.1) is 0 Å². The smallest absolute Gasteiger partial charge is 0.450 e. The SMILES string of the molecule is O=C(O)OCCCCCCCCCCCCCCCCCCCOC(=O)O. The normalized spacial score (nSPS) is 10.7. The van der Waals surface area contributed by atoms with Crippen molar-refractivity contribution in [3.8, 4) is 0 Å². The second kappa shape index (κ2) is 20.8. The molecule has 6 heteroatoms. The molecule has 0 aliphatic heterocycles. The van der Waals surface area contributed by atoms with Crippen molar-refractivity contribution in [2.24, 2.45) is 0 Å². The summed E-state index contributed by atoms with van der Waals surface area (Å²) in [6.07, 6.45) is 18.2. The van der Waals surface area contributed by atoms with Crippen LogP contribution in [0.15, 0.2) is 0 Å². The summed E-state index contributed by atoms with van der Waals surface area (Å²) in [6, 6.07) is 0. The van der Waals surface area contributed by atoms with Gasteiger partial charge in [0, 0.05) is 0 Å². The van der Waals surface area contributed by atoms with Gasteiger partial charge in [-0.05, 0) is 12.8 Å². The minimum absolute atomic E-state index is 0.330. The largest absolute Gasteiger partial charge is 0.505 e. The van der Waals surface area contributed by atoms with Crippen LogP contribution < -0.4 is 0 Å². The molecule has 0 aromatic rings. The highest BCUT2D eigenvalue weighted by atomic mass is 16.7. The first-order chi connectivity index (χ1) is 13.1. The Morgan fingerprint density at radius 1 is 0.407 bits per heavy atom. The van der Waals surface area contributed by atoms with E-state index in [4.69, 9.17) is 10.2 Å². The van der Waals surface area contributed by atoms with Gasteiger partial charge in [-0.3, -0.25) is 0 Å². The van der Waals surface area contributed by atoms with Crippen molar-refractivity contribution in [3.63, 3.8) is 0 Å². The van der Waals surface area contributed by atoms with E-state index in [1.54, 1.807) is 0 Å². The summed E-state index contributed by atoms with van der Waals surface area (Å²) in [6.45, 7) is 0.661. The number of hydrogen-bond donors (Lipinski definition) is 2. The molecular formula is C21H40O6. The van der Waals surface area contributed by atoms with Gasteiger partial charge in [0.1, 0.15) is 0 Å². The Morgan fingerprint density at radius 2 is 0.593 bits per heavy atom. The average molecular weight is 389 g/mol. The molecule has 0 aliphatic rings. The molecule has 0 amide bonds. The van der Waals surface area contributed by atoms with Crippen LogP contribution in [0.4, 0.5) is 9.59 Å². The first kappa shape index (κ1) is 25.5. The minimum Gasteiger partial charge on any atom is -0.450 e. The zero-order valence-electron chi connectivity index (χ0n) is 17.0. The van der Waals surface area contributed by atoms with Crippen LogP contribution in [-0.2, 0) is 9.47 Å². The molecule has 0 fully saturated rings. The quantitative estimate of drug-likeness (QED) is 0.172. The maximum absolute atomic E-state index is 10.2. The number of unbranched alkanes of at least 4 members (excludes halogenated alkanes) is 16. The van der Waals surface area contributed by atoms with Gasteiger partial charge in [-0.15, -0.1) is 0 Å². The molecule has 0 spiro atoms. The number of rotatable bonds is 20. The van der Waals surface area contributed by atoms with Crippen LogP contribution >= 0.6 is 0 Å². The monoisotopic (exact) mass is 388 g/mol. The van der Waals surface area contributed by atoms with Gasteiger partial charge >= 0.3 is 12.3 Å². The van der Waals surface area contributed by atoms with Crippen molar-refractivity contribution in [2.75, 3.05) is 13.2 Å². The summed E-state index contributed by atoms with van der Waals surface area (Å²) in [5.41, 5.74) is 0. The summed E-state index contributed by atoms with van der Waals surface area (Å²) in [5.74, 6) is 0. The zero-order valence-corrected chi connectivity index (χ0v) is 17.0. The second-order valence-electron chi connectivity index (χ2n) is 7.24. The van der Waals surface area contributed by atoms with Gasteiger partial charge in [-0.2, -0.15) is 0 Å². The molecule has 0 aromatic heterocycles. The lowest BCUT2D eigenvalue weighted by Gasteiger charge is -2.04. The molecule has 0 aliphatic carbocycles. The Hall–Kier alpha value is -1.46. The molecule has 0 saturated heterocycles. The fourth-order valence-electron chi connectivity index (χ4n) is 3.17. The first-order valence-electron chi connectivity index (χ1n) is 10.8. The Balaban J connectivity index is 3.01. The molecule has 0 rings (SSSR count). The van der Waals surface area contributed by atoms with Gasteiger partial charge in [0.25, 0.3) is 0 Å². The third-order valence-electron chi connectivity index (χ3n) is 4.74. The van der Waals surface area contributed by atoms with Crippen molar-refractivity contribution < 1.29 is 29.3 Å². The molecule has 27 heavy (non-hydrogen) atoms. The Morgan fingerprint density at radius 3 is 0.778 bits per heavy atom. The molecule has 0 bridgehead atoms. The third-order valence-corrected chi connectivity index (χ3v) is 4.74. The Kier molecular flexibility index (Phi) is 19.7. The van der Waals surface area contributed by atoms with E-state index in [0.717, 1.165) is 25.7 Å². The fourth-order valence-corrected chi connectivity index (χ4v) is 3.17. The number of carbonyl (C=O) groups is 2. The van der Waals surface area contributed by atoms with Gasteiger partial charge in [-0.1, -0.05) is 96.3 Å². The van der Waals surface area contributed by atoms with E-state index in [1.165, 1.54) is 83.5 Å². The summed E-state index contributed by atoms with van der Waals surface area (Å²) < 4.78 is 8.95. The van der Waals surface area contributed by atoms with E-state index in [0.29, 0.717) is 13.2 Å². The standard InChI is InChI=1S/C21H40O6/c22-20(23)26-18-16-14-12-10-8-6-4-2-1-3-5-7-9-11-13-15-17-19-27-21(24)25/h1-19H2,(H,22,23)(H,24,25). The summed E-state index contributed by atoms with van der Waals surface area (Å²) in [7, 11) is 0. The lowest BCUT2D eigenvalue weighted by atomic mass is 10.0. The zero-order chi connectivity index (χ0) is 20.0. The molecule has 6 nitrogen and oxygen atoms in total. The van der Waals surface area contributed by atoms with Gasteiger partial charge in [0.05, 0.1) is 13.2 Å². The van der Waals surface area contributed by atoms with Crippen molar-refractivity contribution in [1.29, 1.82) is 0 Å². The van der Waals surface area contributed by atoms with Gasteiger partial charge in [0.2, 0.25) is 0 Å². The third kappa shape index (κ3) is 24.5. The molecule has 0 atom stereocenters. The fraction of sp³-hybridized carbons (Fsp3) is 0.905. The van der Waals surface area contributed by atoms with Crippen molar-refractivity contribution >= 4 is 12.3 Å². The molecule has 2 N–H and O–H groups in total. The maximum atomic E-state index is 10.2. The van der Waals surface area contributed by atoms with Crippen molar-refractivity contribution in [1.82, 2.24) is 0 Å². The first-order valence-corrected chi connectivity index (χ1v) is 10.8.